The maximum Gasteiger partial charge on any atom is 0.410 e. The number of hydrogen-bond acceptors (Lipinski definition) is 5. The van der Waals surface area contributed by atoms with Crippen LogP contribution in [0.1, 0.15) is 33.6 Å². The molecular weight excluding hydrogens is 368 g/mol. The largest absolute Gasteiger partial charge is 0.444 e. The summed E-state index contributed by atoms with van der Waals surface area (Å²) in [6.45, 7) is 9.43. The van der Waals surface area contributed by atoms with E-state index in [0.29, 0.717) is 31.6 Å². The first-order valence-corrected chi connectivity index (χ1v) is 10.3. The molecule has 0 aromatic heterocycles. The number of nitrogens with one attached hydrogen (secondary N) is 1. The highest BCUT2D eigenvalue weighted by atomic mass is 32.2. The van der Waals surface area contributed by atoms with Gasteiger partial charge >= 0.3 is 6.09 Å². The molecule has 0 aliphatic carbocycles. The Morgan fingerprint density at radius 3 is 2.22 bits per heavy atom. The molecule has 0 bridgehead atoms. The number of piperidine rings is 1. The van der Waals surface area contributed by atoms with Crippen LogP contribution in [0.25, 0.3) is 0 Å². The average molecular weight is 394 g/mol. The lowest BCUT2D eigenvalue weighted by Gasteiger charge is -2.33. The molecule has 1 aromatic carbocycles. The summed E-state index contributed by atoms with van der Waals surface area (Å²) in [5, 5.41) is 2.03. The molecule has 1 aliphatic heterocycles. The SMILES string of the molecule is C=CC(=O)Nc1ccc(S(=O)(=O)C2CCN(C(=O)OC(C)(C)C)CC2)cc1. The van der Waals surface area contributed by atoms with E-state index in [4.69, 9.17) is 4.74 Å². The molecule has 27 heavy (non-hydrogen) atoms. The molecule has 1 aliphatic rings. The van der Waals surface area contributed by atoms with E-state index in [1.165, 1.54) is 12.1 Å². The van der Waals surface area contributed by atoms with Crippen molar-refractivity contribution in [2.45, 2.75) is 49.4 Å². The predicted octanol–water partition coefficient (Wildman–Crippen LogP) is 2.98. The van der Waals surface area contributed by atoms with Crippen LogP contribution in [0, 0.1) is 0 Å². The molecular formula is C19H26N2O5S. The quantitative estimate of drug-likeness (QED) is 0.793. The van der Waals surface area contributed by atoms with Crippen LogP contribution in [0.3, 0.4) is 0 Å². The van der Waals surface area contributed by atoms with Gasteiger partial charge in [0.1, 0.15) is 5.60 Å². The molecule has 0 spiro atoms. The van der Waals surface area contributed by atoms with Gasteiger partial charge in [0.15, 0.2) is 9.84 Å². The molecule has 0 saturated carbocycles. The summed E-state index contributed by atoms with van der Waals surface area (Å²) in [6, 6.07) is 6.05. The van der Waals surface area contributed by atoms with Gasteiger partial charge in [-0.3, -0.25) is 4.79 Å². The molecule has 2 amide bonds. The second kappa shape index (κ2) is 8.12. The number of ether oxygens (including phenoxy) is 1. The van der Waals surface area contributed by atoms with Crippen molar-refractivity contribution in [2.24, 2.45) is 0 Å². The van der Waals surface area contributed by atoms with Gasteiger partial charge in [-0.2, -0.15) is 0 Å². The van der Waals surface area contributed by atoms with Gasteiger partial charge in [0, 0.05) is 18.8 Å². The van der Waals surface area contributed by atoms with Crippen molar-refractivity contribution in [3.8, 4) is 0 Å². The number of amides is 2. The predicted molar refractivity (Wildman–Crippen MR) is 103 cm³/mol. The fraction of sp³-hybridized carbons (Fsp3) is 0.474. The number of anilines is 1. The van der Waals surface area contributed by atoms with Crippen molar-refractivity contribution < 1.29 is 22.7 Å². The van der Waals surface area contributed by atoms with E-state index in [9.17, 15) is 18.0 Å². The number of carbonyl (C=O) groups is 2. The third-order valence-corrected chi connectivity index (χ3v) is 6.45. The van der Waals surface area contributed by atoms with Gasteiger partial charge in [-0.15, -0.1) is 0 Å². The Hall–Kier alpha value is -2.35. The van der Waals surface area contributed by atoms with Crippen LogP contribution in [0.2, 0.25) is 0 Å². The topological polar surface area (TPSA) is 92.8 Å². The molecule has 8 heteroatoms. The molecule has 7 nitrogen and oxygen atoms in total. The van der Waals surface area contributed by atoms with Gasteiger partial charge in [-0.1, -0.05) is 6.58 Å². The third-order valence-electron chi connectivity index (χ3n) is 4.17. The molecule has 0 unspecified atom stereocenters. The van der Waals surface area contributed by atoms with Gasteiger partial charge < -0.3 is 15.0 Å². The number of carbonyl (C=O) groups excluding carboxylic acids is 2. The van der Waals surface area contributed by atoms with Crippen LogP contribution in [-0.2, 0) is 19.4 Å². The number of nitrogens with zero attached hydrogens (tertiary/aromatic N) is 1. The number of benzene rings is 1. The highest BCUT2D eigenvalue weighted by Gasteiger charge is 2.34. The molecule has 1 N–H and O–H groups in total. The van der Waals surface area contributed by atoms with Crippen LogP contribution in [0.4, 0.5) is 10.5 Å². The van der Waals surface area contributed by atoms with E-state index >= 15 is 0 Å². The van der Waals surface area contributed by atoms with Crippen LogP contribution < -0.4 is 5.32 Å². The molecule has 1 fully saturated rings. The number of likely N-dealkylation sites (tertiary alicyclic amines) is 1. The minimum absolute atomic E-state index is 0.204. The first-order chi connectivity index (χ1) is 12.5. The van der Waals surface area contributed by atoms with Crippen molar-refractivity contribution in [1.29, 1.82) is 0 Å². The molecule has 1 heterocycles. The van der Waals surface area contributed by atoms with Gasteiger partial charge in [0.05, 0.1) is 10.1 Å². The molecule has 2 rings (SSSR count). The highest BCUT2D eigenvalue weighted by Crippen LogP contribution is 2.26. The van der Waals surface area contributed by atoms with Crippen molar-refractivity contribution in [3.05, 3.63) is 36.9 Å². The van der Waals surface area contributed by atoms with Crippen LogP contribution in [-0.4, -0.2) is 49.3 Å². The van der Waals surface area contributed by atoms with E-state index < -0.39 is 26.8 Å². The van der Waals surface area contributed by atoms with Gasteiger partial charge in [0.2, 0.25) is 5.91 Å². The molecule has 1 aromatic rings. The van der Waals surface area contributed by atoms with Crippen LogP contribution >= 0.6 is 0 Å². The van der Waals surface area contributed by atoms with Crippen molar-refractivity contribution in [2.75, 3.05) is 18.4 Å². The van der Waals surface area contributed by atoms with Crippen LogP contribution in [0.15, 0.2) is 41.8 Å². The molecule has 0 radical (unpaired) electrons. The van der Waals surface area contributed by atoms with Crippen molar-refractivity contribution >= 4 is 27.5 Å². The number of rotatable bonds is 4. The summed E-state index contributed by atoms with van der Waals surface area (Å²) in [7, 11) is -3.51. The lowest BCUT2D eigenvalue weighted by molar-refractivity contribution is -0.111. The summed E-state index contributed by atoms with van der Waals surface area (Å²) >= 11 is 0. The summed E-state index contributed by atoms with van der Waals surface area (Å²) in [5.74, 6) is -0.361. The van der Waals surface area contributed by atoms with E-state index in [1.54, 1.807) is 37.8 Å². The first-order valence-electron chi connectivity index (χ1n) is 8.78. The van der Waals surface area contributed by atoms with E-state index in [-0.39, 0.29) is 10.8 Å². The fourth-order valence-corrected chi connectivity index (χ4v) is 4.52. The average Bonchev–Trinajstić information content (AvgIpc) is 2.60. The lowest BCUT2D eigenvalue weighted by atomic mass is 10.1. The third kappa shape index (κ3) is 5.56. The Kier molecular flexibility index (Phi) is 6.30. The van der Waals surface area contributed by atoms with Crippen molar-refractivity contribution in [1.82, 2.24) is 4.90 Å². The summed E-state index contributed by atoms with van der Waals surface area (Å²) in [6.07, 6.45) is 1.44. The summed E-state index contributed by atoms with van der Waals surface area (Å²) in [4.78, 5) is 25.1. The Bertz CT molecular complexity index is 801. The van der Waals surface area contributed by atoms with E-state index in [2.05, 4.69) is 11.9 Å². The minimum atomic E-state index is -3.51. The smallest absolute Gasteiger partial charge is 0.410 e. The zero-order chi connectivity index (χ0) is 20.2. The molecule has 148 valence electrons. The number of sulfone groups is 1. The minimum Gasteiger partial charge on any atom is -0.444 e. The Morgan fingerprint density at radius 1 is 1.19 bits per heavy atom. The molecule has 1 saturated heterocycles. The van der Waals surface area contributed by atoms with Crippen LogP contribution in [0.5, 0.6) is 0 Å². The maximum absolute atomic E-state index is 12.8. The maximum atomic E-state index is 12.8. The Labute approximate surface area is 160 Å². The summed E-state index contributed by atoms with van der Waals surface area (Å²) < 4.78 is 31.0. The highest BCUT2D eigenvalue weighted by molar-refractivity contribution is 7.92. The monoisotopic (exact) mass is 394 g/mol. The first kappa shape index (κ1) is 21.0. The Balaban J connectivity index is 2.01. The van der Waals surface area contributed by atoms with Gasteiger partial charge in [-0.05, 0) is 64.0 Å². The number of hydrogen-bond donors (Lipinski definition) is 1. The second-order valence-corrected chi connectivity index (χ2v) is 9.66. The normalized spacial score (nSPS) is 15.9. The Morgan fingerprint density at radius 2 is 1.74 bits per heavy atom. The zero-order valence-electron chi connectivity index (χ0n) is 15.9. The standard InChI is InChI=1S/C19H26N2O5S/c1-5-17(22)20-14-6-8-15(9-7-14)27(24,25)16-10-12-21(13-11-16)18(23)26-19(2,3)4/h5-9,16H,1,10-13H2,2-4H3,(H,20,22). The van der Waals surface area contributed by atoms with Crippen molar-refractivity contribution in [3.63, 3.8) is 0 Å². The van der Waals surface area contributed by atoms with E-state index in [1.807, 2.05) is 0 Å². The zero-order valence-corrected chi connectivity index (χ0v) is 16.7. The summed E-state index contributed by atoms with van der Waals surface area (Å²) in [5.41, 5.74) is -0.0819. The van der Waals surface area contributed by atoms with Gasteiger partial charge in [-0.25, -0.2) is 13.2 Å². The fourth-order valence-electron chi connectivity index (χ4n) is 2.79. The molecule has 0 atom stereocenters. The second-order valence-electron chi connectivity index (χ2n) is 7.43. The lowest BCUT2D eigenvalue weighted by Crippen LogP contribution is -2.44. The van der Waals surface area contributed by atoms with Gasteiger partial charge in [0.25, 0.3) is 0 Å². The van der Waals surface area contributed by atoms with E-state index in [0.717, 1.165) is 6.08 Å².